The number of nitrogens with zero attached hydrogens (tertiary/aromatic N) is 2. The Labute approximate surface area is 115 Å². The molecule has 0 radical (unpaired) electrons. The smallest absolute Gasteiger partial charge is 0.248 e. The second-order valence-corrected chi connectivity index (χ2v) is 6.83. The number of nitrogens with one attached hydrogen (secondary N) is 1. The summed E-state index contributed by atoms with van der Waals surface area (Å²) in [6.45, 7) is 0. The van der Waals surface area contributed by atoms with E-state index in [1.165, 1.54) is 0 Å². The lowest BCUT2D eigenvalue weighted by molar-refractivity contribution is 0.602. The van der Waals surface area contributed by atoms with Gasteiger partial charge in [-0.25, -0.2) is 13.5 Å². The van der Waals surface area contributed by atoms with Crippen molar-refractivity contribution in [2.45, 2.75) is 5.16 Å². The number of H-pyrrole nitrogens is 1. The molecule has 0 unspecified atom stereocenters. The molecule has 2 aromatic rings. The molecule has 0 spiro atoms. The highest BCUT2D eigenvalue weighted by molar-refractivity contribution is 9.10. The van der Waals surface area contributed by atoms with E-state index in [0.29, 0.717) is 10.6 Å². The van der Waals surface area contributed by atoms with Crippen molar-refractivity contribution in [2.24, 2.45) is 0 Å². The highest BCUT2D eigenvalue weighted by atomic mass is 79.9. The van der Waals surface area contributed by atoms with Crippen LogP contribution in [0.3, 0.4) is 0 Å². The van der Waals surface area contributed by atoms with E-state index in [9.17, 15) is 8.42 Å². The van der Waals surface area contributed by atoms with Crippen LogP contribution in [0.25, 0.3) is 11.4 Å². The van der Waals surface area contributed by atoms with Gasteiger partial charge in [-0.1, -0.05) is 27.5 Å². The second kappa shape index (κ2) is 4.56. The van der Waals surface area contributed by atoms with E-state index in [2.05, 4.69) is 31.1 Å². The number of hydrogen-bond acceptors (Lipinski definition) is 4. The highest BCUT2D eigenvalue weighted by Gasteiger charge is 2.17. The third-order valence-electron chi connectivity index (χ3n) is 1.87. The van der Waals surface area contributed by atoms with Crippen LogP contribution >= 0.6 is 38.2 Å². The largest absolute Gasteiger partial charge is 0.296 e. The fraction of sp³-hybridized carbons (Fsp3) is 0. The van der Waals surface area contributed by atoms with Gasteiger partial charge in [0.1, 0.15) is 0 Å². The molecule has 0 aliphatic rings. The van der Waals surface area contributed by atoms with Crippen molar-refractivity contribution in [3.8, 4) is 11.4 Å². The molecule has 1 aromatic heterocycles. The summed E-state index contributed by atoms with van der Waals surface area (Å²) >= 11 is 9.24. The zero-order valence-corrected chi connectivity index (χ0v) is 11.9. The monoisotopic (exact) mass is 355 g/mol. The third-order valence-corrected chi connectivity index (χ3v) is 3.76. The van der Waals surface area contributed by atoms with E-state index >= 15 is 0 Å². The molecule has 1 N–H and O–H groups in total. The van der Waals surface area contributed by atoms with Gasteiger partial charge in [-0.05, 0) is 18.2 Å². The summed E-state index contributed by atoms with van der Waals surface area (Å²) in [5, 5.41) is 5.97. The minimum Gasteiger partial charge on any atom is -0.248 e. The Morgan fingerprint density at radius 1 is 1.35 bits per heavy atom. The Morgan fingerprint density at radius 3 is 2.59 bits per heavy atom. The third kappa shape index (κ3) is 2.79. The highest BCUT2D eigenvalue weighted by Crippen LogP contribution is 2.28. The summed E-state index contributed by atoms with van der Waals surface area (Å²) in [6, 6.07) is 5.06. The molecule has 1 heterocycles. The van der Waals surface area contributed by atoms with Crippen LogP contribution in [0.2, 0.25) is 5.02 Å². The summed E-state index contributed by atoms with van der Waals surface area (Å²) < 4.78 is 22.8. The molecular weight excluding hydrogens is 353 g/mol. The molecule has 17 heavy (non-hydrogen) atoms. The van der Waals surface area contributed by atoms with E-state index in [-0.39, 0.29) is 5.82 Å². The van der Waals surface area contributed by atoms with E-state index in [4.69, 9.17) is 22.3 Å². The van der Waals surface area contributed by atoms with Gasteiger partial charge < -0.3 is 0 Å². The predicted octanol–water partition coefficient (Wildman–Crippen LogP) is 2.82. The van der Waals surface area contributed by atoms with Crippen molar-refractivity contribution in [3.05, 3.63) is 27.7 Å². The Kier molecular flexibility index (Phi) is 3.44. The van der Waals surface area contributed by atoms with E-state index in [1.54, 1.807) is 18.2 Å². The molecule has 0 saturated carbocycles. The summed E-state index contributed by atoms with van der Waals surface area (Å²) in [7, 11) is 1.20. The number of benzene rings is 1. The zero-order valence-electron chi connectivity index (χ0n) is 7.99. The zero-order chi connectivity index (χ0) is 12.6. The van der Waals surface area contributed by atoms with Gasteiger partial charge in [0.2, 0.25) is 0 Å². The Balaban J connectivity index is 2.51. The second-order valence-electron chi connectivity index (χ2n) is 3.03. The number of hydrogen-bond donors (Lipinski definition) is 1. The lowest BCUT2D eigenvalue weighted by Gasteiger charge is -1.99. The summed E-state index contributed by atoms with van der Waals surface area (Å²) in [6.07, 6.45) is 0. The minimum absolute atomic E-state index is 0.168. The molecule has 2 rings (SSSR count). The first kappa shape index (κ1) is 12.8. The molecule has 9 heteroatoms. The molecule has 90 valence electrons. The van der Waals surface area contributed by atoms with Crippen LogP contribution in [0.4, 0.5) is 0 Å². The average Bonchev–Trinajstić information content (AvgIpc) is 2.65. The summed E-state index contributed by atoms with van der Waals surface area (Å²) in [5.74, 6) is 0.168. The van der Waals surface area contributed by atoms with Crippen LogP contribution in [0, 0.1) is 0 Å². The number of aromatic nitrogens is 3. The minimum atomic E-state index is -3.92. The van der Waals surface area contributed by atoms with Gasteiger partial charge in [0.05, 0.1) is 5.02 Å². The SMILES string of the molecule is O=S(=O)(Cl)c1nc(-c2ccc(Br)cc2Cl)n[nH]1. The molecular formula is C8H4BrCl2N3O2S. The standard InChI is InChI=1S/C8H4BrCl2N3O2S/c9-4-1-2-5(6(10)3-4)7-12-8(14-13-7)17(11,15)16/h1-3H,(H,12,13,14). The maximum absolute atomic E-state index is 11.0. The Morgan fingerprint density at radius 2 is 2.06 bits per heavy atom. The molecule has 0 amide bonds. The maximum atomic E-state index is 11.0. The molecule has 0 aliphatic carbocycles. The number of halogens is 3. The Bertz CT molecular complexity index is 671. The molecule has 0 bridgehead atoms. The van der Waals surface area contributed by atoms with Gasteiger partial charge in [-0.2, -0.15) is 10.1 Å². The maximum Gasteiger partial charge on any atom is 0.296 e. The molecule has 0 fully saturated rings. The van der Waals surface area contributed by atoms with Crippen LogP contribution < -0.4 is 0 Å². The Hall–Kier alpha value is -0.630. The average molecular weight is 357 g/mol. The molecule has 0 aliphatic heterocycles. The van der Waals surface area contributed by atoms with Crippen molar-refractivity contribution in [1.82, 2.24) is 15.2 Å². The first-order valence-corrected chi connectivity index (χ1v) is 7.68. The van der Waals surface area contributed by atoms with E-state index in [1.807, 2.05) is 0 Å². The van der Waals surface area contributed by atoms with Crippen molar-refractivity contribution in [3.63, 3.8) is 0 Å². The van der Waals surface area contributed by atoms with Gasteiger partial charge in [0, 0.05) is 20.7 Å². The van der Waals surface area contributed by atoms with E-state index < -0.39 is 14.2 Å². The van der Waals surface area contributed by atoms with Gasteiger partial charge in [0.15, 0.2) is 5.82 Å². The molecule has 0 atom stereocenters. The van der Waals surface area contributed by atoms with Gasteiger partial charge in [-0.15, -0.1) is 0 Å². The van der Waals surface area contributed by atoms with Crippen LogP contribution in [0.1, 0.15) is 0 Å². The van der Waals surface area contributed by atoms with Gasteiger partial charge >= 0.3 is 0 Å². The van der Waals surface area contributed by atoms with Crippen molar-refractivity contribution >= 4 is 47.3 Å². The van der Waals surface area contributed by atoms with Gasteiger partial charge in [-0.3, -0.25) is 0 Å². The predicted molar refractivity (Wildman–Crippen MR) is 67.6 cm³/mol. The normalized spacial score (nSPS) is 11.7. The lowest BCUT2D eigenvalue weighted by atomic mass is 10.2. The van der Waals surface area contributed by atoms with Gasteiger partial charge in [0.25, 0.3) is 14.2 Å². The van der Waals surface area contributed by atoms with E-state index in [0.717, 1.165) is 4.47 Å². The fourth-order valence-electron chi connectivity index (χ4n) is 1.15. The van der Waals surface area contributed by atoms with Crippen molar-refractivity contribution in [1.29, 1.82) is 0 Å². The summed E-state index contributed by atoms with van der Waals surface area (Å²) in [4.78, 5) is 3.76. The van der Waals surface area contributed by atoms with Crippen LogP contribution in [-0.2, 0) is 9.05 Å². The number of rotatable bonds is 2. The quantitative estimate of drug-likeness (QED) is 0.839. The fourth-order valence-corrected chi connectivity index (χ4v) is 2.46. The molecule has 0 saturated heterocycles. The topological polar surface area (TPSA) is 75.7 Å². The van der Waals surface area contributed by atoms with Crippen LogP contribution in [-0.4, -0.2) is 23.6 Å². The van der Waals surface area contributed by atoms with Crippen LogP contribution in [0.15, 0.2) is 27.8 Å². The van der Waals surface area contributed by atoms with Crippen LogP contribution in [0.5, 0.6) is 0 Å². The first-order chi connectivity index (χ1) is 7.88. The van der Waals surface area contributed by atoms with Crippen molar-refractivity contribution < 1.29 is 8.42 Å². The number of aromatic amines is 1. The first-order valence-electron chi connectivity index (χ1n) is 4.20. The summed E-state index contributed by atoms with van der Waals surface area (Å²) in [5.41, 5.74) is 0.512. The molecule has 5 nitrogen and oxygen atoms in total. The lowest BCUT2D eigenvalue weighted by Crippen LogP contribution is -1.92. The molecule has 1 aromatic carbocycles. The van der Waals surface area contributed by atoms with Crippen molar-refractivity contribution in [2.75, 3.05) is 0 Å².